The minimum absolute atomic E-state index is 0.0141. The number of esters is 1. The molecule has 0 aromatic heterocycles. The van der Waals surface area contributed by atoms with Crippen molar-refractivity contribution in [3.8, 4) is 0 Å². The highest BCUT2D eigenvalue weighted by molar-refractivity contribution is 5.76. The van der Waals surface area contributed by atoms with Crippen LogP contribution in [-0.4, -0.2) is 47.4 Å². The van der Waals surface area contributed by atoms with E-state index in [2.05, 4.69) is 43.5 Å². The molecule has 6 nitrogen and oxygen atoms in total. The van der Waals surface area contributed by atoms with Crippen LogP contribution in [-0.2, 0) is 14.3 Å². The number of hydrogen-bond donors (Lipinski definition) is 3. The molecule has 72 heavy (non-hydrogen) atoms. The lowest BCUT2D eigenvalue weighted by atomic mass is 10.0. The van der Waals surface area contributed by atoms with Crippen LogP contribution in [0, 0.1) is 0 Å². The van der Waals surface area contributed by atoms with Crippen LogP contribution in [0.3, 0.4) is 0 Å². The Morgan fingerprint density at radius 3 is 1.06 bits per heavy atom. The van der Waals surface area contributed by atoms with E-state index in [4.69, 9.17) is 4.74 Å². The number of amides is 1. The Labute approximate surface area is 450 Å². The predicted octanol–water partition coefficient (Wildman–Crippen LogP) is 20.6. The molecule has 426 valence electrons. The molecule has 2 unspecified atom stereocenters. The highest BCUT2D eigenvalue weighted by atomic mass is 16.5. The Kier molecular flexibility index (Phi) is 60.5. The summed E-state index contributed by atoms with van der Waals surface area (Å²) in [5, 5.41) is 23.2. The van der Waals surface area contributed by atoms with E-state index in [1.54, 1.807) is 0 Å². The van der Waals surface area contributed by atoms with E-state index < -0.39 is 12.1 Å². The van der Waals surface area contributed by atoms with Crippen LogP contribution >= 0.6 is 0 Å². The standard InChI is InChI=1S/C66H127NO5/c1-3-5-7-9-11-13-38-42-46-50-54-58-64(69)63(62-68)67-65(70)59-55-51-47-43-40-36-34-32-30-28-26-24-22-20-18-16-15-17-19-21-23-25-27-29-31-33-35-37-41-45-49-53-57-61-72-66(71)60-56-52-48-44-39-14-12-10-8-6-4-2/h19,21,25,27,63-64,68-69H,3-18,20,22-24,26,28-62H2,1-2H3,(H,67,70)/b21-19-,27-25-. The maximum absolute atomic E-state index is 12.5. The van der Waals surface area contributed by atoms with Gasteiger partial charge in [0.15, 0.2) is 0 Å². The third-order valence-electron chi connectivity index (χ3n) is 15.3. The third kappa shape index (κ3) is 57.6. The molecule has 0 saturated heterocycles. The van der Waals surface area contributed by atoms with Gasteiger partial charge in [0.05, 0.1) is 25.4 Å². The van der Waals surface area contributed by atoms with Crippen molar-refractivity contribution in [1.82, 2.24) is 5.32 Å². The molecule has 1 amide bonds. The summed E-state index contributed by atoms with van der Waals surface area (Å²) >= 11 is 0. The van der Waals surface area contributed by atoms with Gasteiger partial charge in [0.1, 0.15) is 0 Å². The maximum atomic E-state index is 12.5. The van der Waals surface area contributed by atoms with E-state index in [9.17, 15) is 19.8 Å². The van der Waals surface area contributed by atoms with Crippen molar-refractivity contribution in [2.45, 2.75) is 373 Å². The number of carbonyl (C=O) groups is 2. The third-order valence-corrected chi connectivity index (χ3v) is 15.3. The van der Waals surface area contributed by atoms with Gasteiger partial charge in [-0.05, 0) is 57.8 Å². The molecule has 0 aliphatic rings. The van der Waals surface area contributed by atoms with Crippen molar-refractivity contribution in [1.29, 1.82) is 0 Å². The summed E-state index contributed by atoms with van der Waals surface area (Å²) in [7, 11) is 0. The van der Waals surface area contributed by atoms with Gasteiger partial charge in [0.25, 0.3) is 0 Å². The van der Waals surface area contributed by atoms with Crippen LogP contribution in [0.15, 0.2) is 24.3 Å². The molecule has 0 radical (unpaired) electrons. The topological polar surface area (TPSA) is 95.9 Å². The highest BCUT2D eigenvalue weighted by Crippen LogP contribution is 2.18. The fraction of sp³-hybridized carbons (Fsp3) is 0.909. The van der Waals surface area contributed by atoms with Crippen LogP contribution in [0.4, 0.5) is 0 Å². The number of aliphatic hydroxyl groups excluding tert-OH is 2. The average molecular weight is 1010 g/mol. The Morgan fingerprint density at radius 1 is 0.389 bits per heavy atom. The van der Waals surface area contributed by atoms with Gasteiger partial charge in [0.2, 0.25) is 5.91 Å². The van der Waals surface area contributed by atoms with E-state index in [0.29, 0.717) is 25.9 Å². The lowest BCUT2D eigenvalue weighted by molar-refractivity contribution is -0.143. The van der Waals surface area contributed by atoms with Gasteiger partial charge in [-0.15, -0.1) is 0 Å². The van der Waals surface area contributed by atoms with E-state index in [1.807, 2.05) is 0 Å². The van der Waals surface area contributed by atoms with Crippen LogP contribution in [0.1, 0.15) is 361 Å². The minimum Gasteiger partial charge on any atom is -0.466 e. The number of unbranched alkanes of at least 4 members (excludes halogenated alkanes) is 46. The smallest absolute Gasteiger partial charge is 0.305 e. The molecule has 0 saturated carbocycles. The molecule has 0 bridgehead atoms. The first-order valence-corrected chi connectivity index (χ1v) is 32.6. The molecule has 0 rings (SSSR count). The number of allylic oxidation sites excluding steroid dienone is 4. The Hall–Kier alpha value is -1.66. The van der Waals surface area contributed by atoms with Crippen LogP contribution in [0.2, 0.25) is 0 Å². The SMILES string of the molecule is CCCCCCCCCCCCCC(=O)OCCCCCCCCCCC/C=C\C/C=C\CCCCCCCCCCCCCCCCCCCC(=O)NC(CO)C(O)CCCCCCCCCCCCC. The Bertz CT molecular complexity index is 1120. The normalized spacial score (nSPS) is 12.7. The first-order valence-electron chi connectivity index (χ1n) is 32.6. The summed E-state index contributed by atoms with van der Waals surface area (Å²) in [5.74, 6) is -0.0185. The molecule has 0 aromatic rings. The van der Waals surface area contributed by atoms with Gasteiger partial charge in [-0.25, -0.2) is 0 Å². The van der Waals surface area contributed by atoms with Gasteiger partial charge < -0.3 is 20.3 Å². The van der Waals surface area contributed by atoms with Crippen LogP contribution < -0.4 is 5.32 Å². The average Bonchev–Trinajstić information content (AvgIpc) is 3.38. The second-order valence-corrected chi connectivity index (χ2v) is 22.5. The Balaban J connectivity index is 3.36. The van der Waals surface area contributed by atoms with Crippen molar-refractivity contribution in [2.24, 2.45) is 0 Å². The molecule has 2 atom stereocenters. The van der Waals surface area contributed by atoms with Gasteiger partial charge in [-0.2, -0.15) is 0 Å². The first-order chi connectivity index (χ1) is 35.5. The number of hydrogen-bond acceptors (Lipinski definition) is 5. The molecular weight excluding hydrogens is 887 g/mol. The number of nitrogens with one attached hydrogen (secondary N) is 1. The maximum Gasteiger partial charge on any atom is 0.305 e. The number of aliphatic hydroxyl groups is 2. The predicted molar refractivity (Wildman–Crippen MR) is 315 cm³/mol. The van der Waals surface area contributed by atoms with E-state index in [1.165, 1.54) is 283 Å². The number of rotatable bonds is 61. The van der Waals surface area contributed by atoms with Gasteiger partial charge in [0, 0.05) is 12.8 Å². The summed E-state index contributed by atoms with van der Waals surface area (Å²) in [6.45, 7) is 4.96. The quantitative estimate of drug-likeness (QED) is 0.0320. The molecule has 3 N–H and O–H groups in total. The van der Waals surface area contributed by atoms with Crippen molar-refractivity contribution < 1.29 is 24.5 Å². The number of carbonyl (C=O) groups excluding carboxylic acids is 2. The van der Waals surface area contributed by atoms with Crippen molar-refractivity contribution >= 4 is 11.9 Å². The van der Waals surface area contributed by atoms with Gasteiger partial charge in [-0.1, -0.05) is 314 Å². The summed E-state index contributed by atoms with van der Waals surface area (Å²) in [6, 6.07) is -0.538. The minimum atomic E-state index is -0.661. The zero-order valence-corrected chi connectivity index (χ0v) is 48.7. The molecule has 0 fully saturated rings. The fourth-order valence-corrected chi connectivity index (χ4v) is 10.3. The molecular formula is C66H127NO5. The summed E-state index contributed by atoms with van der Waals surface area (Å²) in [5.41, 5.74) is 0. The molecule has 0 spiro atoms. The molecule has 0 aliphatic heterocycles. The molecule has 0 aliphatic carbocycles. The zero-order chi connectivity index (χ0) is 52.2. The summed E-state index contributed by atoms with van der Waals surface area (Å²) < 4.78 is 5.47. The number of ether oxygens (including phenoxy) is 1. The highest BCUT2D eigenvalue weighted by Gasteiger charge is 2.20. The summed E-state index contributed by atoms with van der Waals surface area (Å²) in [4.78, 5) is 24.4. The van der Waals surface area contributed by atoms with Crippen LogP contribution in [0.25, 0.3) is 0 Å². The van der Waals surface area contributed by atoms with Gasteiger partial charge in [-0.3, -0.25) is 9.59 Å². The van der Waals surface area contributed by atoms with Crippen LogP contribution in [0.5, 0.6) is 0 Å². The molecule has 6 heteroatoms. The second kappa shape index (κ2) is 61.9. The lowest BCUT2D eigenvalue weighted by Gasteiger charge is -2.22. The first kappa shape index (κ1) is 70.3. The zero-order valence-electron chi connectivity index (χ0n) is 48.7. The van der Waals surface area contributed by atoms with E-state index in [-0.39, 0.29) is 18.5 Å². The fourth-order valence-electron chi connectivity index (χ4n) is 10.3. The second-order valence-electron chi connectivity index (χ2n) is 22.5. The van der Waals surface area contributed by atoms with E-state index >= 15 is 0 Å². The van der Waals surface area contributed by atoms with Crippen molar-refractivity contribution in [3.05, 3.63) is 24.3 Å². The lowest BCUT2D eigenvalue weighted by Crippen LogP contribution is -2.45. The van der Waals surface area contributed by atoms with Crippen molar-refractivity contribution in [2.75, 3.05) is 13.2 Å². The largest absolute Gasteiger partial charge is 0.466 e. The molecule has 0 aromatic carbocycles. The van der Waals surface area contributed by atoms with Gasteiger partial charge >= 0.3 is 5.97 Å². The molecule has 0 heterocycles. The monoisotopic (exact) mass is 1010 g/mol. The van der Waals surface area contributed by atoms with E-state index in [0.717, 1.165) is 44.9 Å². The summed E-state index contributed by atoms with van der Waals surface area (Å²) in [6.07, 6.45) is 76.5. The Morgan fingerprint density at radius 2 is 0.694 bits per heavy atom. The van der Waals surface area contributed by atoms with Crippen molar-refractivity contribution in [3.63, 3.8) is 0 Å².